The Hall–Kier alpha value is -2.63. The fourth-order valence-electron chi connectivity index (χ4n) is 3.15. The number of nitrogens with zero attached hydrogens (tertiary/aromatic N) is 4. The zero-order valence-electron chi connectivity index (χ0n) is 14.6. The number of benzene rings is 1. The summed E-state index contributed by atoms with van der Waals surface area (Å²) in [4.78, 5) is 11.1. The largest absolute Gasteiger partial charge is 0.420 e. The second-order valence-electron chi connectivity index (χ2n) is 6.38. The van der Waals surface area contributed by atoms with E-state index in [4.69, 9.17) is 4.42 Å². The first-order chi connectivity index (χ1) is 13.4. The molecule has 0 radical (unpaired) electrons. The first-order valence-corrected chi connectivity index (χ1v) is 10.9. The molecule has 2 aromatic heterocycles. The fourth-order valence-corrected chi connectivity index (χ4v) is 5.32. The van der Waals surface area contributed by atoms with E-state index in [1.807, 2.05) is 17.5 Å². The van der Waals surface area contributed by atoms with Gasteiger partial charge in [0, 0.05) is 25.2 Å². The van der Waals surface area contributed by atoms with Gasteiger partial charge in [0.15, 0.2) is 0 Å². The van der Waals surface area contributed by atoms with Gasteiger partial charge in [-0.05, 0) is 36.4 Å². The second-order valence-corrected chi connectivity index (χ2v) is 9.26. The molecule has 4 rings (SSSR count). The van der Waals surface area contributed by atoms with Gasteiger partial charge in [-0.1, -0.05) is 6.07 Å². The number of thiophene rings is 1. The number of nitro groups is 1. The normalized spacial score (nSPS) is 18.2. The van der Waals surface area contributed by atoms with Gasteiger partial charge in [0.1, 0.15) is 0 Å². The smallest absolute Gasteiger partial charge is 0.269 e. The molecule has 1 unspecified atom stereocenters. The lowest BCUT2D eigenvalue weighted by Gasteiger charge is -2.30. The van der Waals surface area contributed by atoms with Gasteiger partial charge in [-0.2, -0.15) is 4.31 Å². The Kier molecular flexibility index (Phi) is 4.96. The van der Waals surface area contributed by atoms with Gasteiger partial charge in [-0.15, -0.1) is 21.5 Å². The van der Waals surface area contributed by atoms with Gasteiger partial charge < -0.3 is 4.42 Å². The molecule has 0 saturated carbocycles. The zero-order valence-corrected chi connectivity index (χ0v) is 16.2. The second kappa shape index (κ2) is 7.41. The van der Waals surface area contributed by atoms with Crippen molar-refractivity contribution >= 4 is 27.0 Å². The van der Waals surface area contributed by atoms with Gasteiger partial charge in [-0.3, -0.25) is 10.1 Å². The number of non-ortho nitro benzene ring substituents is 1. The molecule has 1 aromatic carbocycles. The third kappa shape index (κ3) is 3.55. The summed E-state index contributed by atoms with van der Waals surface area (Å²) in [5.41, 5.74) is -0.151. The lowest BCUT2D eigenvalue weighted by atomic mass is 10.00. The van der Waals surface area contributed by atoms with Crippen LogP contribution in [0.25, 0.3) is 10.8 Å². The summed E-state index contributed by atoms with van der Waals surface area (Å²) in [6, 6.07) is 8.69. The predicted octanol–water partition coefficient (Wildman–Crippen LogP) is 3.27. The van der Waals surface area contributed by atoms with Crippen LogP contribution >= 0.6 is 11.3 Å². The van der Waals surface area contributed by atoms with Crippen molar-refractivity contribution in [3.8, 4) is 10.8 Å². The molecule has 3 heterocycles. The summed E-state index contributed by atoms with van der Waals surface area (Å²) in [7, 11) is -3.76. The van der Waals surface area contributed by atoms with E-state index in [1.54, 1.807) is 0 Å². The quantitative estimate of drug-likeness (QED) is 0.459. The summed E-state index contributed by atoms with van der Waals surface area (Å²) in [6.45, 7) is 0.604. The first-order valence-electron chi connectivity index (χ1n) is 8.57. The molecule has 0 aliphatic carbocycles. The molecule has 1 aliphatic rings. The number of piperidine rings is 1. The van der Waals surface area contributed by atoms with E-state index in [1.165, 1.54) is 39.9 Å². The van der Waals surface area contributed by atoms with E-state index >= 15 is 0 Å². The van der Waals surface area contributed by atoms with E-state index < -0.39 is 14.9 Å². The van der Waals surface area contributed by atoms with Crippen LogP contribution in [0.1, 0.15) is 24.7 Å². The lowest BCUT2D eigenvalue weighted by Crippen LogP contribution is -2.39. The highest BCUT2D eigenvalue weighted by Crippen LogP contribution is 2.32. The van der Waals surface area contributed by atoms with Crippen LogP contribution in [0.15, 0.2) is 51.1 Å². The zero-order chi connectivity index (χ0) is 19.7. The predicted molar refractivity (Wildman–Crippen MR) is 101 cm³/mol. The van der Waals surface area contributed by atoms with Crippen LogP contribution in [0, 0.1) is 10.1 Å². The molecule has 0 amide bonds. The monoisotopic (exact) mass is 420 g/mol. The van der Waals surface area contributed by atoms with Crippen molar-refractivity contribution in [2.75, 3.05) is 13.1 Å². The van der Waals surface area contributed by atoms with Crippen LogP contribution < -0.4 is 0 Å². The molecule has 1 atom stereocenters. The highest BCUT2D eigenvalue weighted by atomic mass is 32.2. The highest BCUT2D eigenvalue weighted by Gasteiger charge is 2.33. The molecule has 9 nitrogen and oxygen atoms in total. The summed E-state index contributed by atoms with van der Waals surface area (Å²) in [5.74, 6) is 0.662. The van der Waals surface area contributed by atoms with E-state index in [-0.39, 0.29) is 23.0 Å². The Balaban J connectivity index is 1.54. The first kappa shape index (κ1) is 18.7. The molecule has 11 heteroatoms. The van der Waals surface area contributed by atoms with E-state index in [0.717, 1.165) is 11.3 Å². The number of nitro benzene ring substituents is 1. The molecule has 0 bridgehead atoms. The average Bonchev–Trinajstić information content (AvgIpc) is 3.40. The minimum Gasteiger partial charge on any atom is -0.420 e. The molecule has 0 N–H and O–H groups in total. The molecular weight excluding hydrogens is 404 g/mol. The highest BCUT2D eigenvalue weighted by molar-refractivity contribution is 7.89. The molecule has 1 saturated heterocycles. The van der Waals surface area contributed by atoms with E-state index in [0.29, 0.717) is 24.7 Å². The Morgan fingerprint density at radius 2 is 2.00 bits per heavy atom. The van der Waals surface area contributed by atoms with E-state index in [2.05, 4.69) is 10.2 Å². The van der Waals surface area contributed by atoms with Gasteiger partial charge >= 0.3 is 0 Å². The molecule has 1 aliphatic heterocycles. The van der Waals surface area contributed by atoms with Crippen molar-refractivity contribution in [1.29, 1.82) is 0 Å². The number of hydrogen-bond acceptors (Lipinski definition) is 8. The Morgan fingerprint density at radius 1 is 1.21 bits per heavy atom. The van der Waals surface area contributed by atoms with Crippen molar-refractivity contribution in [3.05, 3.63) is 57.8 Å². The maximum absolute atomic E-state index is 12.9. The summed E-state index contributed by atoms with van der Waals surface area (Å²) >= 11 is 1.49. The van der Waals surface area contributed by atoms with Crippen LogP contribution in [0.4, 0.5) is 5.69 Å². The third-order valence-corrected chi connectivity index (χ3v) is 7.33. The molecule has 146 valence electrons. The summed E-state index contributed by atoms with van der Waals surface area (Å²) in [5, 5.41) is 20.9. The average molecular weight is 420 g/mol. The molecule has 3 aromatic rings. The molecule has 0 spiro atoms. The van der Waals surface area contributed by atoms with Crippen molar-refractivity contribution in [1.82, 2.24) is 14.5 Å². The van der Waals surface area contributed by atoms with E-state index in [9.17, 15) is 18.5 Å². The standard InChI is InChI=1S/C17H16N4O5S2/c22-21(23)13-5-7-14(8-6-13)28(24,25)20-9-1-3-12(11-20)16-18-19-17(26-16)15-4-2-10-27-15/h2,4-8,10,12H,1,3,9,11H2. The minimum absolute atomic E-state index is 0.0311. The van der Waals surface area contributed by atoms with Crippen LogP contribution in [-0.2, 0) is 10.0 Å². The van der Waals surface area contributed by atoms with Crippen LogP contribution in [0.2, 0.25) is 0 Å². The van der Waals surface area contributed by atoms with Crippen molar-refractivity contribution < 1.29 is 17.8 Å². The van der Waals surface area contributed by atoms with Gasteiger partial charge in [0.2, 0.25) is 15.9 Å². The van der Waals surface area contributed by atoms with Crippen molar-refractivity contribution in [2.45, 2.75) is 23.7 Å². The van der Waals surface area contributed by atoms with Gasteiger partial charge in [-0.25, -0.2) is 8.42 Å². The lowest BCUT2D eigenvalue weighted by molar-refractivity contribution is -0.384. The van der Waals surface area contributed by atoms with Gasteiger partial charge in [0.25, 0.3) is 11.6 Å². The van der Waals surface area contributed by atoms with Crippen LogP contribution in [0.5, 0.6) is 0 Å². The summed E-state index contributed by atoms with van der Waals surface area (Å²) < 4.78 is 33.0. The maximum Gasteiger partial charge on any atom is 0.269 e. The maximum atomic E-state index is 12.9. The topological polar surface area (TPSA) is 119 Å². The Morgan fingerprint density at radius 3 is 2.68 bits per heavy atom. The van der Waals surface area contributed by atoms with Gasteiger partial charge in [0.05, 0.1) is 20.6 Å². The summed E-state index contributed by atoms with van der Waals surface area (Å²) in [6.07, 6.45) is 1.41. The number of rotatable bonds is 5. The number of aromatic nitrogens is 2. The molecular formula is C17H16N4O5S2. The Bertz CT molecular complexity index is 1080. The van der Waals surface area contributed by atoms with Crippen LogP contribution in [-0.4, -0.2) is 40.9 Å². The van der Waals surface area contributed by atoms with Crippen LogP contribution in [0.3, 0.4) is 0 Å². The van der Waals surface area contributed by atoms with Crippen molar-refractivity contribution in [2.24, 2.45) is 0 Å². The fraction of sp³-hybridized carbons (Fsp3) is 0.294. The number of hydrogen-bond donors (Lipinski definition) is 0. The van der Waals surface area contributed by atoms with Crippen molar-refractivity contribution in [3.63, 3.8) is 0 Å². The number of sulfonamides is 1. The minimum atomic E-state index is -3.76. The molecule has 28 heavy (non-hydrogen) atoms. The Labute approximate surface area is 164 Å². The third-order valence-electron chi connectivity index (χ3n) is 4.59. The molecule has 1 fully saturated rings. The SMILES string of the molecule is O=[N+]([O-])c1ccc(S(=O)(=O)N2CCCC(c3nnc(-c4cccs4)o3)C2)cc1.